The van der Waals surface area contributed by atoms with Crippen LogP contribution in [0.5, 0.6) is 11.5 Å². The van der Waals surface area contributed by atoms with E-state index in [0.717, 1.165) is 20.5 Å². The van der Waals surface area contributed by atoms with E-state index in [-0.39, 0.29) is 13.2 Å². The molecule has 0 aliphatic carbocycles. The summed E-state index contributed by atoms with van der Waals surface area (Å²) in [5, 5.41) is 1.05. The Kier molecular flexibility index (Phi) is 6.18. The minimum Gasteiger partial charge on any atom is -0.425 e. The van der Waals surface area contributed by atoms with Gasteiger partial charge < -0.3 is 18.9 Å². The van der Waals surface area contributed by atoms with Crippen LogP contribution in [0.1, 0.15) is 0 Å². The molecular formula is C20H18O6S. The lowest BCUT2D eigenvalue weighted by Crippen LogP contribution is -2.13. The van der Waals surface area contributed by atoms with Crippen LogP contribution in [0.2, 0.25) is 0 Å². The zero-order valence-electron chi connectivity index (χ0n) is 14.9. The Bertz CT molecular complexity index is 945. The molecule has 0 aliphatic heterocycles. The van der Waals surface area contributed by atoms with E-state index in [4.69, 9.17) is 18.9 Å². The van der Waals surface area contributed by atoms with E-state index in [1.807, 2.05) is 24.3 Å². The molecule has 3 rings (SSSR count). The molecule has 140 valence electrons. The number of benzene rings is 2. The van der Waals surface area contributed by atoms with Gasteiger partial charge in [0.15, 0.2) is 0 Å². The molecule has 0 saturated carbocycles. The number of hydrogen-bond donors (Lipinski definition) is 0. The van der Waals surface area contributed by atoms with Crippen LogP contribution in [0.3, 0.4) is 0 Å². The Morgan fingerprint density at radius 1 is 0.815 bits per heavy atom. The van der Waals surface area contributed by atoms with Crippen molar-refractivity contribution in [2.45, 2.75) is 0 Å². The number of thiophene rings is 1. The average molecular weight is 386 g/mol. The van der Waals surface area contributed by atoms with Gasteiger partial charge >= 0.3 is 11.9 Å². The maximum atomic E-state index is 11.5. The largest absolute Gasteiger partial charge is 0.425 e. The van der Waals surface area contributed by atoms with Gasteiger partial charge in [0.1, 0.15) is 24.7 Å². The summed E-state index contributed by atoms with van der Waals surface area (Å²) in [7, 11) is 2.88. The van der Waals surface area contributed by atoms with Crippen molar-refractivity contribution in [1.29, 1.82) is 0 Å². The van der Waals surface area contributed by atoms with E-state index >= 15 is 0 Å². The van der Waals surface area contributed by atoms with Gasteiger partial charge in [-0.05, 0) is 59.5 Å². The zero-order valence-corrected chi connectivity index (χ0v) is 15.7. The van der Waals surface area contributed by atoms with Crippen LogP contribution in [-0.4, -0.2) is 39.4 Å². The predicted octanol–water partition coefficient (Wildman–Crippen LogP) is 3.67. The fourth-order valence-electron chi connectivity index (χ4n) is 2.46. The Morgan fingerprint density at radius 3 is 2.04 bits per heavy atom. The quantitative estimate of drug-likeness (QED) is 0.456. The molecule has 1 aromatic heterocycles. The molecule has 1 heterocycles. The fraction of sp³-hybridized carbons (Fsp3) is 0.200. The Balaban J connectivity index is 1.76. The summed E-state index contributed by atoms with van der Waals surface area (Å²) in [5.74, 6) is 0.0718. The highest BCUT2D eigenvalue weighted by molar-refractivity contribution is 7.22. The molecule has 27 heavy (non-hydrogen) atoms. The van der Waals surface area contributed by atoms with Gasteiger partial charge in [-0.2, -0.15) is 0 Å². The number of carbonyl (C=O) groups excluding carboxylic acids is 2. The van der Waals surface area contributed by atoms with Crippen molar-refractivity contribution in [1.82, 2.24) is 0 Å². The number of methoxy groups -OCH3 is 2. The van der Waals surface area contributed by atoms with Crippen LogP contribution in [0.15, 0.2) is 48.5 Å². The summed E-state index contributed by atoms with van der Waals surface area (Å²) < 4.78 is 20.9. The number of hydrogen-bond acceptors (Lipinski definition) is 7. The lowest BCUT2D eigenvalue weighted by atomic mass is 10.1. The van der Waals surface area contributed by atoms with Crippen LogP contribution in [0.25, 0.3) is 20.5 Å². The molecule has 0 N–H and O–H groups in total. The van der Waals surface area contributed by atoms with Crippen LogP contribution >= 0.6 is 11.3 Å². The first-order chi connectivity index (χ1) is 13.1. The third-order valence-electron chi connectivity index (χ3n) is 3.62. The predicted molar refractivity (Wildman–Crippen MR) is 102 cm³/mol. The van der Waals surface area contributed by atoms with E-state index in [1.165, 1.54) is 14.2 Å². The molecule has 3 aromatic rings. The van der Waals surface area contributed by atoms with Gasteiger partial charge in [0, 0.05) is 23.8 Å². The summed E-state index contributed by atoms with van der Waals surface area (Å²) in [4.78, 5) is 24.0. The molecule has 0 unspecified atom stereocenters. The Hall–Kier alpha value is -2.74. The van der Waals surface area contributed by atoms with E-state index < -0.39 is 11.9 Å². The number of rotatable bonds is 7. The second kappa shape index (κ2) is 8.77. The lowest BCUT2D eigenvalue weighted by molar-refractivity contribution is -0.139. The monoisotopic (exact) mass is 386 g/mol. The summed E-state index contributed by atoms with van der Waals surface area (Å²) in [6, 6.07) is 14.8. The molecule has 0 spiro atoms. The standard InChI is InChI=1S/C20H18O6S/c1-23-11-19(21)25-15-6-3-13(4-7-15)17-9-14-5-8-16(10-18(14)27-17)26-20(22)12-24-2/h3-10H,11-12H2,1-2H3. The SMILES string of the molecule is COCC(=O)Oc1ccc(-c2cc3ccc(OC(=O)COC)cc3s2)cc1. The second-order valence-corrected chi connectivity index (χ2v) is 6.73. The highest BCUT2D eigenvalue weighted by Crippen LogP contribution is 2.36. The molecule has 0 radical (unpaired) electrons. The lowest BCUT2D eigenvalue weighted by Gasteiger charge is -2.04. The normalized spacial score (nSPS) is 10.7. The first-order valence-corrected chi connectivity index (χ1v) is 8.94. The third-order valence-corrected chi connectivity index (χ3v) is 4.77. The minimum absolute atomic E-state index is 0.0879. The highest BCUT2D eigenvalue weighted by Gasteiger charge is 2.09. The molecule has 0 aliphatic rings. The topological polar surface area (TPSA) is 71.1 Å². The summed E-state index contributed by atoms with van der Waals surface area (Å²) in [6.45, 7) is -0.176. The number of esters is 2. The van der Waals surface area contributed by atoms with E-state index in [0.29, 0.717) is 11.5 Å². The van der Waals surface area contributed by atoms with Gasteiger partial charge in [0.25, 0.3) is 0 Å². The number of carbonyl (C=O) groups is 2. The van der Waals surface area contributed by atoms with Gasteiger partial charge in [-0.15, -0.1) is 11.3 Å². The van der Waals surface area contributed by atoms with Gasteiger partial charge in [-0.3, -0.25) is 0 Å². The summed E-state index contributed by atoms with van der Waals surface area (Å²) >= 11 is 1.58. The molecule has 0 atom stereocenters. The first kappa shape index (κ1) is 19.0. The van der Waals surface area contributed by atoms with Crippen LogP contribution in [0.4, 0.5) is 0 Å². The maximum absolute atomic E-state index is 11.5. The van der Waals surface area contributed by atoms with E-state index in [1.54, 1.807) is 29.5 Å². The van der Waals surface area contributed by atoms with Crippen LogP contribution < -0.4 is 9.47 Å². The van der Waals surface area contributed by atoms with Crippen molar-refractivity contribution in [3.8, 4) is 21.9 Å². The van der Waals surface area contributed by atoms with Gasteiger partial charge in [-0.25, -0.2) is 9.59 Å². The molecule has 0 saturated heterocycles. The van der Waals surface area contributed by atoms with Crippen LogP contribution in [-0.2, 0) is 19.1 Å². The smallest absolute Gasteiger partial charge is 0.337 e. The molecule has 2 aromatic carbocycles. The van der Waals surface area contributed by atoms with Crippen molar-refractivity contribution in [3.05, 3.63) is 48.5 Å². The Labute approximate surface area is 160 Å². The molecule has 0 bridgehead atoms. The van der Waals surface area contributed by atoms with Gasteiger partial charge in [-0.1, -0.05) is 0 Å². The van der Waals surface area contributed by atoms with Crippen molar-refractivity contribution in [3.63, 3.8) is 0 Å². The maximum Gasteiger partial charge on any atom is 0.337 e. The minimum atomic E-state index is -0.442. The molecule has 0 amide bonds. The number of ether oxygens (including phenoxy) is 4. The van der Waals surface area contributed by atoms with E-state index in [2.05, 4.69) is 6.07 Å². The zero-order chi connectivity index (χ0) is 19.2. The Morgan fingerprint density at radius 2 is 1.41 bits per heavy atom. The molecule has 7 heteroatoms. The van der Waals surface area contributed by atoms with Crippen LogP contribution in [0, 0.1) is 0 Å². The summed E-state index contributed by atoms with van der Waals surface area (Å²) in [6.07, 6.45) is 0. The second-order valence-electron chi connectivity index (χ2n) is 5.65. The van der Waals surface area contributed by atoms with Gasteiger partial charge in [0.2, 0.25) is 0 Å². The molecule has 0 fully saturated rings. The number of fused-ring (bicyclic) bond motifs is 1. The van der Waals surface area contributed by atoms with Crippen molar-refractivity contribution >= 4 is 33.4 Å². The fourth-order valence-corrected chi connectivity index (χ4v) is 3.56. The van der Waals surface area contributed by atoms with Crippen molar-refractivity contribution in [2.24, 2.45) is 0 Å². The first-order valence-electron chi connectivity index (χ1n) is 8.12. The highest BCUT2D eigenvalue weighted by atomic mass is 32.1. The average Bonchev–Trinajstić information content (AvgIpc) is 3.06. The van der Waals surface area contributed by atoms with Crippen molar-refractivity contribution < 1.29 is 28.5 Å². The van der Waals surface area contributed by atoms with Gasteiger partial charge in [0.05, 0.1) is 0 Å². The molecular weight excluding hydrogens is 368 g/mol. The van der Waals surface area contributed by atoms with Crippen molar-refractivity contribution in [2.75, 3.05) is 27.4 Å². The molecule has 6 nitrogen and oxygen atoms in total. The van der Waals surface area contributed by atoms with E-state index in [9.17, 15) is 9.59 Å². The summed E-state index contributed by atoms with van der Waals surface area (Å²) in [5.41, 5.74) is 1.00. The third kappa shape index (κ3) is 4.91.